The molecule has 5 heteroatoms. The lowest BCUT2D eigenvalue weighted by molar-refractivity contribution is -0.119. The minimum atomic E-state index is -0.0681. The molecule has 0 aromatic heterocycles. The fourth-order valence-corrected chi connectivity index (χ4v) is 1.50. The lowest BCUT2D eigenvalue weighted by atomic mass is 10.2. The van der Waals surface area contributed by atoms with Gasteiger partial charge >= 0.3 is 0 Å². The molecule has 0 fully saturated rings. The highest BCUT2D eigenvalue weighted by molar-refractivity contribution is 6.31. The van der Waals surface area contributed by atoms with Crippen molar-refractivity contribution >= 4 is 23.2 Å². The van der Waals surface area contributed by atoms with Crippen LogP contribution in [0.4, 0.5) is 5.69 Å². The number of carbonyl (C=O) groups is 1. The molecule has 0 atom stereocenters. The second-order valence-electron chi connectivity index (χ2n) is 3.61. The molecule has 0 heterocycles. The van der Waals surface area contributed by atoms with Crippen molar-refractivity contribution in [1.29, 1.82) is 0 Å². The van der Waals surface area contributed by atoms with E-state index in [1.54, 1.807) is 7.11 Å². The normalized spacial score (nSPS) is 10.1. The average Bonchev–Trinajstić information content (AvgIpc) is 2.31. The Labute approximate surface area is 106 Å². The van der Waals surface area contributed by atoms with Crippen molar-refractivity contribution in [3.63, 3.8) is 0 Å². The van der Waals surface area contributed by atoms with E-state index >= 15 is 0 Å². The van der Waals surface area contributed by atoms with E-state index in [1.165, 1.54) is 0 Å². The fraction of sp³-hybridized carbons (Fsp3) is 0.417. The summed E-state index contributed by atoms with van der Waals surface area (Å²) in [5, 5.41) is 6.46. The summed E-state index contributed by atoms with van der Waals surface area (Å²) >= 11 is 5.97. The van der Waals surface area contributed by atoms with Crippen LogP contribution in [-0.2, 0) is 9.53 Å². The summed E-state index contributed by atoms with van der Waals surface area (Å²) < 4.78 is 4.84. The SMILES string of the molecule is COCCNC(=O)CNc1cccc(Cl)c1C. The lowest BCUT2D eigenvalue weighted by Crippen LogP contribution is -2.32. The third-order valence-electron chi connectivity index (χ3n) is 2.34. The van der Waals surface area contributed by atoms with Gasteiger partial charge in [-0.3, -0.25) is 4.79 Å². The smallest absolute Gasteiger partial charge is 0.239 e. The number of methoxy groups -OCH3 is 1. The molecule has 94 valence electrons. The molecule has 1 aromatic carbocycles. The summed E-state index contributed by atoms with van der Waals surface area (Å²) in [5.74, 6) is -0.0681. The first-order chi connectivity index (χ1) is 8.15. The zero-order chi connectivity index (χ0) is 12.7. The maximum atomic E-state index is 11.4. The molecule has 0 aliphatic rings. The Kier molecular flexibility index (Phi) is 5.80. The van der Waals surface area contributed by atoms with E-state index in [-0.39, 0.29) is 12.5 Å². The van der Waals surface area contributed by atoms with E-state index in [4.69, 9.17) is 16.3 Å². The van der Waals surface area contributed by atoms with Gasteiger partial charge in [0.2, 0.25) is 5.91 Å². The number of carbonyl (C=O) groups excluding carboxylic acids is 1. The van der Waals surface area contributed by atoms with Crippen molar-refractivity contribution in [3.8, 4) is 0 Å². The standard InChI is InChI=1S/C12H17ClN2O2/c1-9-10(13)4-3-5-11(9)15-8-12(16)14-6-7-17-2/h3-5,15H,6-8H2,1-2H3,(H,14,16). The number of hydrogen-bond acceptors (Lipinski definition) is 3. The molecule has 0 aliphatic heterocycles. The minimum absolute atomic E-state index is 0.0681. The molecular formula is C12H17ClN2O2. The zero-order valence-electron chi connectivity index (χ0n) is 10.0. The third-order valence-corrected chi connectivity index (χ3v) is 2.74. The number of amides is 1. The Morgan fingerprint density at radius 2 is 2.24 bits per heavy atom. The maximum absolute atomic E-state index is 11.4. The first kappa shape index (κ1) is 13.8. The molecule has 0 saturated carbocycles. The highest BCUT2D eigenvalue weighted by Crippen LogP contribution is 2.22. The van der Waals surface area contributed by atoms with Crippen LogP contribution in [0.5, 0.6) is 0 Å². The van der Waals surface area contributed by atoms with Crippen LogP contribution in [0.25, 0.3) is 0 Å². The van der Waals surface area contributed by atoms with Crippen LogP contribution in [0.3, 0.4) is 0 Å². The summed E-state index contributed by atoms with van der Waals surface area (Å²) in [5.41, 5.74) is 1.82. The topological polar surface area (TPSA) is 50.4 Å². The Morgan fingerprint density at radius 1 is 1.47 bits per heavy atom. The van der Waals surface area contributed by atoms with E-state index in [0.29, 0.717) is 18.2 Å². The summed E-state index contributed by atoms with van der Waals surface area (Å²) in [7, 11) is 1.60. The van der Waals surface area contributed by atoms with Gasteiger partial charge in [-0.2, -0.15) is 0 Å². The molecule has 0 saturated heterocycles. The summed E-state index contributed by atoms with van der Waals surface area (Å²) in [6, 6.07) is 5.56. The van der Waals surface area contributed by atoms with Crippen LogP contribution in [-0.4, -0.2) is 32.7 Å². The van der Waals surface area contributed by atoms with Gasteiger partial charge in [-0.25, -0.2) is 0 Å². The van der Waals surface area contributed by atoms with Gasteiger partial charge in [-0.15, -0.1) is 0 Å². The van der Waals surface area contributed by atoms with Crippen molar-refractivity contribution in [2.45, 2.75) is 6.92 Å². The lowest BCUT2D eigenvalue weighted by Gasteiger charge is -2.10. The first-order valence-corrected chi connectivity index (χ1v) is 5.77. The second kappa shape index (κ2) is 7.14. The minimum Gasteiger partial charge on any atom is -0.383 e. The van der Waals surface area contributed by atoms with E-state index in [9.17, 15) is 4.79 Å². The van der Waals surface area contributed by atoms with Crippen LogP contribution < -0.4 is 10.6 Å². The monoisotopic (exact) mass is 256 g/mol. The highest BCUT2D eigenvalue weighted by Gasteiger charge is 2.04. The largest absolute Gasteiger partial charge is 0.383 e. The first-order valence-electron chi connectivity index (χ1n) is 5.39. The molecule has 2 N–H and O–H groups in total. The predicted molar refractivity (Wildman–Crippen MR) is 69.6 cm³/mol. The van der Waals surface area contributed by atoms with Crippen LogP contribution in [0.2, 0.25) is 5.02 Å². The molecule has 0 radical (unpaired) electrons. The van der Waals surface area contributed by atoms with Gasteiger partial charge in [0, 0.05) is 24.4 Å². The van der Waals surface area contributed by atoms with E-state index in [1.807, 2.05) is 25.1 Å². The van der Waals surface area contributed by atoms with Crippen LogP contribution in [0.15, 0.2) is 18.2 Å². The number of anilines is 1. The third kappa shape index (κ3) is 4.63. The summed E-state index contributed by atoms with van der Waals surface area (Å²) in [6.07, 6.45) is 0. The zero-order valence-corrected chi connectivity index (χ0v) is 10.8. The molecular weight excluding hydrogens is 240 g/mol. The molecule has 1 rings (SSSR count). The molecule has 0 unspecified atom stereocenters. The Hall–Kier alpha value is -1.26. The molecule has 0 spiro atoms. The van der Waals surface area contributed by atoms with Gasteiger partial charge in [-0.1, -0.05) is 17.7 Å². The van der Waals surface area contributed by atoms with E-state index in [0.717, 1.165) is 11.3 Å². The summed E-state index contributed by atoms with van der Waals surface area (Å²) in [4.78, 5) is 11.4. The Balaban J connectivity index is 2.39. The van der Waals surface area contributed by atoms with Crippen molar-refractivity contribution in [3.05, 3.63) is 28.8 Å². The number of benzene rings is 1. The van der Waals surface area contributed by atoms with Crippen LogP contribution in [0, 0.1) is 6.92 Å². The van der Waals surface area contributed by atoms with Gasteiger partial charge in [0.25, 0.3) is 0 Å². The van der Waals surface area contributed by atoms with Crippen molar-refractivity contribution < 1.29 is 9.53 Å². The maximum Gasteiger partial charge on any atom is 0.239 e. The number of hydrogen-bond donors (Lipinski definition) is 2. The van der Waals surface area contributed by atoms with Crippen LogP contribution in [0.1, 0.15) is 5.56 Å². The Bertz CT molecular complexity index is 383. The van der Waals surface area contributed by atoms with Gasteiger partial charge in [0.05, 0.1) is 13.2 Å². The van der Waals surface area contributed by atoms with E-state index in [2.05, 4.69) is 10.6 Å². The highest BCUT2D eigenvalue weighted by atomic mass is 35.5. The van der Waals surface area contributed by atoms with Gasteiger partial charge in [-0.05, 0) is 24.6 Å². The van der Waals surface area contributed by atoms with Gasteiger partial charge in [0.15, 0.2) is 0 Å². The quantitative estimate of drug-likeness (QED) is 0.764. The second-order valence-corrected chi connectivity index (χ2v) is 4.02. The van der Waals surface area contributed by atoms with Crippen molar-refractivity contribution in [2.75, 3.05) is 32.1 Å². The average molecular weight is 257 g/mol. The van der Waals surface area contributed by atoms with E-state index < -0.39 is 0 Å². The van der Waals surface area contributed by atoms with Gasteiger partial charge < -0.3 is 15.4 Å². The van der Waals surface area contributed by atoms with Crippen molar-refractivity contribution in [2.24, 2.45) is 0 Å². The molecule has 0 aliphatic carbocycles. The van der Waals surface area contributed by atoms with Crippen LogP contribution >= 0.6 is 11.6 Å². The molecule has 17 heavy (non-hydrogen) atoms. The number of nitrogens with one attached hydrogen (secondary N) is 2. The summed E-state index contributed by atoms with van der Waals surface area (Å²) in [6.45, 7) is 3.17. The Morgan fingerprint density at radius 3 is 2.94 bits per heavy atom. The predicted octanol–water partition coefficient (Wildman–Crippen LogP) is 1.82. The fourth-order valence-electron chi connectivity index (χ4n) is 1.33. The molecule has 0 bridgehead atoms. The molecule has 1 aromatic rings. The molecule has 1 amide bonds. The van der Waals surface area contributed by atoms with Crippen molar-refractivity contribution in [1.82, 2.24) is 5.32 Å². The number of ether oxygens (including phenoxy) is 1. The van der Waals surface area contributed by atoms with Gasteiger partial charge in [0.1, 0.15) is 0 Å². The molecule has 4 nitrogen and oxygen atoms in total. The number of rotatable bonds is 6. The number of halogens is 1.